The van der Waals surface area contributed by atoms with Crippen LogP contribution in [0.15, 0.2) is 42.5 Å². The molecule has 0 fully saturated rings. The van der Waals surface area contributed by atoms with E-state index in [2.05, 4.69) is 23.5 Å². The van der Waals surface area contributed by atoms with Crippen LogP contribution in [-0.2, 0) is 4.79 Å². The van der Waals surface area contributed by atoms with Crippen LogP contribution >= 0.6 is 11.5 Å². The van der Waals surface area contributed by atoms with Crippen molar-refractivity contribution >= 4 is 40.6 Å². The number of rotatable bonds is 11. The monoisotopic (exact) mass is 553 g/mol. The number of aromatic nitrogens is 1. The van der Waals surface area contributed by atoms with Crippen molar-refractivity contribution in [1.29, 1.82) is 0 Å². The number of benzene rings is 2. The maximum absolute atomic E-state index is 14.2. The zero-order chi connectivity index (χ0) is 28.1. The quantitative estimate of drug-likeness (QED) is 0.325. The van der Waals surface area contributed by atoms with E-state index in [1.165, 1.54) is 4.90 Å². The number of nitrogens with zero attached hydrogens (tertiary/aromatic N) is 2. The Hall–Kier alpha value is -4.32. The molecule has 0 saturated heterocycles. The van der Waals surface area contributed by atoms with Crippen molar-refractivity contribution < 1.29 is 28.6 Å². The molecule has 4 rings (SSSR count). The average molecular weight is 554 g/mol. The lowest BCUT2D eigenvalue weighted by Crippen LogP contribution is -2.44. The molecule has 1 aromatic heterocycles. The molecule has 12 heteroatoms. The molecule has 5 N–H and O–H groups in total. The van der Waals surface area contributed by atoms with Crippen LogP contribution in [-0.4, -0.2) is 42.0 Å². The van der Waals surface area contributed by atoms with Gasteiger partial charge in [-0.3, -0.25) is 19.3 Å². The second kappa shape index (κ2) is 12.0. The topological polar surface area (TPSA) is 159 Å². The van der Waals surface area contributed by atoms with Crippen molar-refractivity contribution in [3.63, 3.8) is 0 Å². The Bertz CT molecular complexity index is 1360. The summed E-state index contributed by atoms with van der Waals surface area (Å²) in [5.41, 5.74) is 12.1. The Morgan fingerprint density at radius 1 is 1.13 bits per heavy atom. The molecule has 1 aliphatic rings. The van der Waals surface area contributed by atoms with E-state index in [0.29, 0.717) is 47.6 Å². The van der Waals surface area contributed by atoms with Gasteiger partial charge >= 0.3 is 0 Å². The van der Waals surface area contributed by atoms with Gasteiger partial charge < -0.3 is 31.0 Å². The molecule has 1 unspecified atom stereocenters. The molecule has 11 nitrogen and oxygen atoms in total. The number of fused-ring (bicyclic) bond motifs is 1. The third-order valence-electron chi connectivity index (χ3n) is 6.04. The van der Waals surface area contributed by atoms with Crippen LogP contribution in [0.25, 0.3) is 0 Å². The molecular weight excluding hydrogens is 522 g/mol. The number of amides is 3. The highest BCUT2D eigenvalue weighted by molar-refractivity contribution is 7.09. The lowest BCUT2D eigenvalue weighted by atomic mass is 10.0. The zero-order valence-corrected chi connectivity index (χ0v) is 22.7. The predicted molar refractivity (Wildman–Crippen MR) is 147 cm³/mol. The first-order valence-corrected chi connectivity index (χ1v) is 13.3. The summed E-state index contributed by atoms with van der Waals surface area (Å²) in [5, 5.41) is 2.96. The molecule has 2 heterocycles. The van der Waals surface area contributed by atoms with E-state index in [4.69, 9.17) is 25.7 Å². The minimum atomic E-state index is -1.11. The van der Waals surface area contributed by atoms with Gasteiger partial charge in [0, 0.05) is 18.3 Å². The van der Waals surface area contributed by atoms with Crippen molar-refractivity contribution in [3.05, 3.63) is 58.6 Å². The van der Waals surface area contributed by atoms with Crippen molar-refractivity contribution in [2.45, 2.75) is 33.2 Å². The van der Waals surface area contributed by atoms with E-state index >= 15 is 0 Å². The molecule has 206 valence electrons. The molecule has 3 aromatic rings. The SMILES string of the molecule is CCOc1ccc(C(C(=O)NCCC(C)C)N(C(=O)c2snc(C(N)=O)c2N)c2ccc3c(c2)OCO3)cc1. The van der Waals surface area contributed by atoms with Crippen LogP contribution in [0.2, 0.25) is 0 Å². The normalized spacial score (nSPS) is 12.7. The number of hydrogen-bond acceptors (Lipinski definition) is 9. The molecule has 39 heavy (non-hydrogen) atoms. The highest BCUT2D eigenvalue weighted by Gasteiger charge is 2.36. The van der Waals surface area contributed by atoms with Crippen molar-refractivity contribution in [2.24, 2.45) is 11.7 Å². The number of nitrogens with one attached hydrogen (secondary N) is 1. The predicted octanol–water partition coefficient (Wildman–Crippen LogP) is 3.50. The molecule has 1 atom stereocenters. The Kier molecular flexibility index (Phi) is 8.55. The molecule has 0 radical (unpaired) electrons. The number of nitrogen functional groups attached to an aromatic ring is 1. The lowest BCUT2D eigenvalue weighted by Gasteiger charge is -2.31. The van der Waals surface area contributed by atoms with Crippen molar-refractivity contribution in [2.75, 3.05) is 30.6 Å². The largest absolute Gasteiger partial charge is 0.494 e. The summed E-state index contributed by atoms with van der Waals surface area (Å²) in [6.07, 6.45) is 0.753. The second-order valence-corrected chi connectivity index (χ2v) is 10.0. The molecule has 0 spiro atoms. The van der Waals surface area contributed by atoms with Gasteiger partial charge in [-0.2, -0.15) is 4.37 Å². The summed E-state index contributed by atoms with van der Waals surface area (Å²) in [7, 11) is 0. The van der Waals surface area contributed by atoms with Crippen LogP contribution in [0.3, 0.4) is 0 Å². The molecule has 1 aliphatic heterocycles. The zero-order valence-electron chi connectivity index (χ0n) is 21.9. The third kappa shape index (κ3) is 6.06. The first-order chi connectivity index (χ1) is 18.7. The highest BCUT2D eigenvalue weighted by Crippen LogP contribution is 2.40. The lowest BCUT2D eigenvalue weighted by molar-refractivity contribution is -0.122. The Balaban J connectivity index is 1.84. The molecule has 2 aromatic carbocycles. The summed E-state index contributed by atoms with van der Waals surface area (Å²) in [5.74, 6) is 0.0405. The summed E-state index contributed by atoms with van der Waals surface area (Å²) < 4.78 is 20.5. The second-order valence-electron chi connectivity index (χ2n) is 9.23. The molecule has 0 bridgehead atoms. The maximum atomic E-state index is 14.2. The van der Waals surface area contributed by atoms with Gasteiger partial charge in [-0.05, 0) is 60.6 Å². The van der Waals surface area contributed by atoms with E-state index in [-0.39, 0.29) is 23.1 Å². The van der Waals surface area contributed by atoms with Gasteiger partial charge in [-0.1, -0.05) is 26.0 Å². The van der Waals surface area contributed by atoms with Crippen LogP contribution in [0.5, 0.6) is 17.2 Å². The fraction of sp³-hybridized carbons (Fsp3) is 0.333. The van der Waals surface area contributed by atoms with Gasteiger partial charge in [0.15, 0.2) is 17.2 Å². The van der Waals surface area contributed by atoms with Gasteiger partial charge in [-0.25, -0.2) is 0 Å². The number of carbonyl (C=O) groups excluding carboxylic acids is 3. The number of carbonyl (C=O) groups is 3. The number of nitrogens with two attached hydrogens (primary N) is 2. The minimum absolute atomic E-state index is 0.0209. The number of anilines is 2. The van der Waals surface area contributed by atoms with Gasteiger partial charge in [0.25, 0.3) is 11.8 Å². The van der Waals surface area contributed by atoms with Crippen molar-refractivity contribution in [1.82, 2.24) is 9.69 Å². The van der Waals surface area contributed by atoms with Gasteiger partial charge in [0.1, 0.15) is 16.7 Å². The number of primary amides is 1. The molecule has 3 amide bonds. The molecular formula is C27H31N5O6S. The Morgan fingerprint density at radius 3 is 2.49 bits per heavy atom. The van der Waals surface area contributed by atoms with E-state index in [9.17, 15) is 14.4 Å². The number of hydrogen-bond donors (Lipinski definition) is 3. The molecule has 0 saturated carbocycles. The first-order valence-electron chi connectivity index (χ1n) is 12.5. The first kappa shape index (κ1) is 27.7. The van der Waals surface area contributed by atoms with E-state index in [0.717, 1.165) is 18.0 Å². The summed E-state index contributed by atoms with van der Waals surface area (Å²) >= 11 is 0.741. The smallest absolute Gasteiger partial charge is 0.273 e. The average Bonchev–Trinajstić information content (AvgIpc) is 3.53. The Morgan fingerprint density at radius 2 is 1.85 bits per heavy atom. The third-order valence-corrected chi connectivity index (χ3v) is 6.89. The van der Waals surface area contributed by atoms with Crippen LogP contribution in [0, 0.1) is 5.92 Å². The van der Waals surface area contributed by atoms with Crippen LogP contribution in [0.4, 0.5) is 11.4 Å². The summed E-state index contributed by atoms with van der Waals surface area (Å²) in [6, 6.07) is 10.8. The van der Waals surface area contributed by atoms with Gasteiger partial charge in [-0.15, -0.1) is 0 Å². The summed E-state index contributed by atoms with van der Waals surface area (Å²) in [4.78, 5) is 41.1. The van der Waals surface area contributed by atoms with Crippen LogP contribution < -0.4 is 35.9 Å². The minimum Gasteiger partial charge on any atom is -0.494 e. The van der Waals surface area contributed by atoms with E-state index in [1.807, 2.05) is 6.92 Å². The fourth-order valence-corrected chi connectivity index (χ4v) is 4.81. The Labute approximate surface area is 230 Å². The maximum Gasteiger partial charge on any atom is 0.273 e. The van der Waals surface area contributed by atoms with Gasteiger partial charge in [0.05, 0.1) is 12.3 Å². The van der Waals surface area contributed by atoms with Gasteiger partial charge in [0.2, 0.25) is 12.7 Å². The highest BCUT2D eigenvalue weighted by atomic mass is 32.1. The van der Waals surface area contributed by atoms with Crippen LogP contribution in [0.1, 0.15) is 59.0 Å². The summed E-state index contributed by atoms with van der Waals surface area (Å²) in [6.45, 7) is 6.92. The van der Waals surface area contributed by atoms with E-state index < -0.39 is 23.8 Å². The fourth-order valence-electron chi connectivity index (χ4n) is 4.07. The standard InChI is InChI=1S/C27H31N5O6S/c1-4-36-18-8-5-16(6-9-18)23(26(34)30-12-11-15(2)3)32(17-7-10-19-20(13-17)38-14-37-19)27(35)24-21(28)22(25(29)33)31-39-24/h5-10,13,15,23H,4,11-12,14,28H2,1-3H3,(H2,29,33)(H,30,34). The number of ether oxygens (including phenoxy) is 3. The van der Waals surface area contributed by atoms with E-state index in [1.54, 1.807) is 42.5 Å². The molecule has 0 aliphatic carbocycles. The van der Waals surface area contributed by atoms with Crippen molar-refractivity contribution in [3.8, 4) is 17.2 Å².